The normalized spacial score (nSPS) is 12.9. The molecule has 1 amide bonds. The van der Waals surface area contributed by atoms with Crippen molar-refractivity contribution < 1.29 is 27.5 Å². The first kappa shape index (κ1) is 17.5. The van der Waals surface area contributed by atoms with Crippen molar-refractivity contribution in [1.82, 2.24) is 4.72 Å². The van der Waals surface area contributed by atoms with E-state index in [0.29, 0.717) is 4.47 Å². The van der Waals surface area contributed by atoms with Crippen LogP contribution in [0.3, 0.4) is 0 Å². The Morgan fingerprint density at radius 1 is 1.43 bits per heavy atom. The number of primary amides is 1. The molecule has 0 fully saturated rings. The van der Waals surface area contributed by atoms with E-state index in [4.69, 9.17) is 10.8 Å². The van der Waals surface area contributed by atoms with E-state index in [1.165, 1.54) is 6.07 Å². The van der Waals surface area contributed by atoms with Crippen molar-refractivity contribution in [2.24, 2.45) is 5.73 Å². The number of carboxylic acid groups (broad SMARTS) is 1. The number of carboxylic acids is 1. The molecule has 116 valence electrons. The lowest BCUT2D eigenvalue weighted by molar-refractivity contribution is -0.139. The fraction of sp³-hybridized carbons (Fsp3) is 0.273. The van der Waals surface area contributed by atoms with Crippen LogP contribution in [0.25, 0.3) is 0 Å². The van der Waals surface area contributed by atoms with E-state index in [0.717, 1.165) is 12.1 Å². The molecule has 0 radical (unpaired) electrons. The molecule has 1 aromatic carbocycles. The van der Waals surface area contributed by atoms with E-state index < -0.39 is 38.7 Å². The van der Waals surface area contributed by atoms with Crippen molar-refractivity contribution in [3.63, 3.8) is 0 Å². The van der Waals surface area contributed by atoms with Crippen molar-refractivity contribution in [3.8, 4) is 0 Å². The average molecular weight is 383 g/mol. The predicted octanol–water partition coefficient (Wildman–Crippen LogP) is 0.585. The molecule has 7 nitrogen and oxygen atoms in total. The molecular weight excluding hydrogens is 371 g/mol. The Morgan fingerprint density at radius 2 is 2.05 bits per heavy atom. The summed E-state index contributed by atoms with van der Waals surface area (Å²) in [4.78, 5) is 20.9. The fourth-order valence-electron chi connectivity index (χ4n) is 1.46. The first-order valence-electron chi connectivity index (χ1n) is 5.62. The van der Waals surface area contributed by atoms with Crippen LogP contribution in [0.2, 0.25) is 0 Å². The molecular formula is C11H12BrFN2O5S. The lowest BCUT2D eigenvalue weighted by Crippen LogP contribution is -2.41. The Hall–Kier alpha value is -1.52. The number of nitrogens with two attached hydrogens (primary N) is 1. The molecule has 0 spiro atoms. The number of nitrogens with one attached hydrogen (secondary N) is 1. The van der Waals surface area contributed by atoms with E-state index in [-0.39, 0.29) is 12.8 Å². The van der Waals surface area contributed by atoms with E-state index >= 15 is 0 Å². The SMILES string of the molecule is NC(=O)CCC(NS(=O)(=O)c1ccc(Br)cc1F)C(=O)O. The molecule has 1 aromatic rings. The van der Waals surface area contributed by atoms with Crippen LogP contribution in [0.15, 0.2) is 27.6 Å². The van der Waals surface area contributed by atoms with E-state index in [9.17, 15) is 22.4 Å². The third-order valence-electron chi connectivity index (χ3n) is 2.46. The van der Waals surface area contributed by atoms with Crippen LogP contribution in [0, 0.1) is 5.82 Å². The second-order valence-corrected chi connectivity index (χ2v) is 6.69. The number of amides is 1. The molecule has 1 unspecified atom stereocenters. The zero-order valence-electron chi connectivity index (χ0n) is 10.5. The number of hydrogen-bond donors (Lipinski definition) is 3. The van der Waals surface area contributed by atoms with Gasteiger partial charge in [-0.05, 0) is 24.6 Å². The Labute approximate surface area is 128 Å². The Balaban J connectivity index is 3.00. The summed E-state index contributed by atoms with van der Waals surface area (Å²) in [6.07, 6.45) is -0.648. The lowest BCUT2D eigenvalue weighted by Gasteiger charge is -2.14. The molecule has 0 aromatic heterocycles. The summed E-state index contributed by atoms with van der Waals surface area (Å²) in [5.41, 5.74) is 4.88. The number of hydrogen-bond acceptors (Lipinski definition) is 4. The Morgan fingerprint density at radius 3 is 2.52 bits per heavy atom. The zero-order valence-corrected chi connectivity index (χ0v) is 12.9. The van der Waals surface area contributed by atoms with Crippen molar-refractivity contribution in [2.45, 2.75) is 23.8 Å². The summed E-state index contributed by atoms with van der Waals surface area (Å²) in [7, 11) is -4.38. The van der Waals surface area contributed by atoms with Crippen molar-refractivity contribution in [1.29, 1.82) is 0 Å². The highest BCUT2D eigenvalue weighted by molar-refractivity contribution is 9.10. The molecule has 0 saturated heterocycles. The van der Waals surface area contributed by atoms with E-state index in [2.05, 4.69) is 15.9 Å². The molecule has 21 heavy (non-hydrogen) atoms. The second-order valence-electron chi connectivity index (χ2n) is 4.09. The van der Waals surface area contributed by atoms with Gasteiger partial charge >= 0.3 is 5.97 Å². The van der Waals surface area contributed by atoms with Crippen molar-refractivity contribution >= 4 is 37.8 Å². The summed E-state index contributed by atoms with van der Waals surface area (Å²) in [5, 5.41) is 8.93. The highest BCUT2D eigenvalue weighted by Crippen LogP contribution is 2.19. The van der Waals surface area contributed by atoms with Gasteiger partial charge in [0.15, 0.2) is 0 Å². The van der Waals surface area contributed by atoms with Crippen LogP contribution in [0.5, 0.6) is 0 Å². The maximum atomic E-state index is 13.6. The van der Waals surface area contributed by atoms with E-state index in [1.54, 1.807) is 0 Å². The minimum absolute atomic E-state index is 0.317. The van der Waals surface area contributed by atoms with Crippen LogP contribution in [0.1, 0.15) is 12.8 Å². The summed E-state index contributed by atoms with van der Waals surface area (Å²) in [6, 6.07) is 1.66. The van der Waals surface area contributed by atoms with Crippen molar-refractivity contribution in [2.75, 3.05) is 0 Å². The second kappa shape index (κ2) is 6.96. The summed E-state index contributed by atoms with van der Waals surface area (Å²) in [5.74, 6) is -3.29. The van der Waals surface area contributed by atoms with Gasteiger partial charge in [-0.25, -0.2) is 12.8 Å². The highest BCUT2D eigenvalue weighted by atomic mass is 79.9. The Kier molecular flexibility index (Phi) is 5.81. The van der Waals surface area contributed by atoms with Crippen LogP contribution in [0.4, 0.5) is 4.39 Å². The topological polar surface area (TPSA) is 127 Å². The number of rotatable bonds is 7. The molecule has 10 heteroatoms. The van der Waals surface area contributed by atoms with Gasteiger partial charge in [0.2, 0.25) is 15.9 Å². The van der Waals surface area contributed by atoms with Crippen LogP contribution < -0.4 is 10.5 Å². The van der Waals surface area contributed by atoms with Crippen LogP contribution in [-0.2, 0) is 19.6 Å². The lowest BCUT2D eigenvalue weighted by atomic mass is 10.2. The number of benzene rings is 1. The average Bonchev–Trinajstić information content (AvgIpc) is 2.33. The van der Waals surface area contributed by atoms with Gasteiger partial charge < -0.3 is 10.8 Å². The molecule has 0 saturated carbocycles. The van der Waals surface area contributed by atoms with Gasteiger partial charge in [-0.1, -0.05) is 15.9 Å². The molecule has 0 aliphatic carbocycles. The quantitative estimate of drug-likeness (QED) is 0.635. The fourth-order valence-corrected chi connectivity index (χ4v) is 3.08. The zero-order chi connectivity index (χ0) is 16.2. The third-order valence-corrected chi connectivity index (χ3v) is 4.46. The molecule has 0 bridgehead atoms. The van der Waals surface area contributed by atoms with Gasteiger partial charge in [0, 0.05) is 10.9 Å². The Bertz CT molecular complexity index is 665. The number of carbonyl (C=O) groups is 2. The minimum Gasteiger partial charge on any atom is -0.480 e. The smallest absolute Gasteiger partial charge is 0.321 e. The number of carbonyl (C=O) groups excluding carboxylic acids is 1. The standard InChI is InChI=1S/C11H12BrFN2O5S/c12-6-1-3-9(7(13)5-6)21(19,20)15-8(11(17)18)2-4-10(14)16/h1,3,5,8,15H,2,4H2,(H2,14,16)(H,17,18). The maximum absolute atomic E-state index is 13.6. The first-order chi connectivity index (χ1) is 9.63. The van der Waals surface area contributed by atoms with Crippen LogP contribution in [-0.4, -0.2) is 31.4 Å². The van der Waals surface area contributed by atoms with Gasteiger partial charge in [-0.15, -0.1) is 0 Å². The monoisotopic (exact) mass is 382 g/mol. The number of aliphatic carboxylic acids is 1. The number of sulfonamides is 1. The largest absolute Gasteiger partial charge is 0.480 e. The van der Waals surface area contributed by atoms with Crippen LogP contribution >= 0.6 is 15.9 Å². The third kappa shape index (κ3) is 5.06. The van der Waals surface area contributed by atoms with Gasteiger partial charge in [-0.2, -0.15) is 4.72 Å². The van der Waals surface area contributed by atoms with Crippen molar-refractivity contribution in [3.05, 3.63) is 28.5 Å². The molecule has 4 N–H and O–H groups in total. The summed E-state index contributed by atoms with van der Waals surface area (Å²) >= 11 is 2.98. The molecule has 1 rings (SSSR count). The van der Waals surface area contributed by atoms with Gasteiger partial charge in [0.05, 0.1) is 0 Å². The first-order valence-corrected chi connectivity index (χ1v) is 7.89. The van der Waals surface area contributed by atoms with Gasteiger partial charge in [0.25, 0.3) is 0 Å². The van der Waals surface area contributed by atoms with Gasteiger partial charge in [0.1, 0.15) is 16.8 Å². The molecule has 1 atom stereocenters. The summed E-state index contributed by atoms with van der Waals surface area (Å²) in [6.45, 7) is 0. The highest BCUT2D eigenvalue weighted by Gasteiger charge is 2.27. The molecule has 0 heterocycles. The minimum atomic E-state index is -4.38. The van der Waals surface area contributed by atoms with Gasteiger partial charge in [-0.3, -0.25) is 9.59 Å². The predicted molar refractivity (Wildman–Crippen MR) is 74.3 cm³/mol. The summed E-state index contributed by atoms with van der Waals surface area (Å²) < 4.78 is 39.8. The van der Waals surface area contributed by atoms with E-state index in [1.807, 2.05) is 4.72 Å². The molecule has 0 aliphatic heterocycles. The number of halogens is 2. The maximum Gasteiger partial charge on any atom is 0.321 e. The molecule has 0 aliphatic rings.